The molecular formula is C12H10ClN3OS. The molecule has 1 atom stereocenters. The van der Waals surface area contributed by atoms with Crippen LogP contribution in [0.1, 0.15) is 18.5 Å². The van der Waals surface area contributed by atoms with E-state index in [1.807, 2.05) is 25.1 Å². The van der Waals surface area contributed by atoms with E-state index in [4.69, 9.17) is 16.0 Å². The van der Waals surface area contributed by atoms with E-state index in [1.165, 1.54) is 11.7 Å². The van der Waals surface area contributed by atoms with Crippen LogP contribution in [-0.2, 0) is 0 Å². The van der Waals surface area contributed by atoms with Gasteiger partial charge in [0, 0.05) is 5.56 Å². The maximum atomic E-state index is 6.22. The van der Waals surface area contributed by atoms with Crippen LogP contribution in [0.2, 0.25) is 5.02 Å². The number of anilines is 1. The zero-order chi connectivity index (χ0) is 12.5. The van der Waals surface area contributed by atoms with E-state index in [-0.39, 0.29) is 6.04 Å². The minimum atomic E-state index is 0.0912. The van der Waals surface area contributed by atoms with Gasteiger partial charge in [-0.25, -0.2) is 0 Å². The number of fused-ring (bicyclic) bond motifs is 1. The summed E-state index contributed by atoms with van der Waals surface area (Å²) in [5, 5.41) is 4.00. The van der Waals surface area contributed by atoms with Gasteiger partial charge in [-0.2, -0.15) is 8.75 Å². The van der Waals surface area contributed by atoms with Crippen molar-refractivity contribution in [3.8, 4) is 0 Å². The third-order valence-electron chi connectivity index (χ3n) is 2.78. The summed E-state index contributed by atoms with van der Waals surface area (Å²) in [6, 6.07) is 5.71. The van der Waals surface area contributed by atoms with Crippen LogP contribution in [0.15, 0.2) is 35.1 Å². The Balaban J connectivity index is 1.99. The van der Waals surface area contributed by atoms with Gasteiger partial charge in [-0.15, -0.1) is 0 Å². The lowest BCUT2D eigenvalue weighted by Crippen LogP contribution is -2.06. The molecule has 3 aromatic rings. The van der Waals surface area contributed by atoms with Crippen LogP contribution in [0.3, 0.4) is 0 Å². The molecule has 0 saturated carbocycles. The highest BCUT2D eigenvalue weighted by molar-refractivity contribution is 7.00. The first-order valence-electron chi connectivity index (χ1n) is 5.45. The largest absolute Gasteiger partial charge is 0.472 e. The minimum Gasteiger partial charge on any atom is -0.472 e. The van der Waals surface area contributed by atoms with E-state index in [2.05, 4.69) is 14.1 Å². The molecule has 0 spiro atoms. The molecule has 1 N–H and O–H groups in total. The van der Waals surface area contributed by atoms with Gasteiger partial charge in [-0.1, -0.05) is 11.6 Å². The van der Waals surface area contributed by atoms with E-state index in [1.54, 1.807) is 12.5 Å². The van der Waals surface area contributed by atoms with Gasteiger partial charge < -0.3 is 9.73 Å². The molecule has 0 saturated heterocycles. The molecule has 0 radical (unpaired) electrons. The second-order valence-corrected chi connectivity index (χ2v) is 4.91. The molecule has 0 aliphatic carbocycles. The number of hydrogen-bond donors (Lipinski definition) is 1. The van der Waals surface area contributed by atoms with E-state index in [0.717, 1.165) is 22.3 Å². The van der Waals surface area contributed by atoms with Crippen LogP contribution in [-0.4, -0.2) is 8.75 Å². The van der Waals surface area contributed by atoms with Crippen LogP contribution in [0.4, 0.5) is 5.69 Å². The average molecular weight is 280 g/mol. The summed E-state index contributed by atoms with van der Waals surface area (Å²) in [6.07, 6.45) is 3.37. The summed E-state index contributed by atoms with van der Waals surface area (Å²) >= 11 is 7.40. The van der Waals surface area contributed by atoms with Gasteiger partial charge in [0.15, 0.2) is 0 Å². The first-order valence-corrected chi connectivity index (χ1v) is 6.56. The van der Waals surface area contributed by atoms with Crippen molar-refractivity contribution >= 4 is 40.0 Å². The third kappa shape index (κ3) is 1.95. The molecule has 0 aliphatic rings. The van der Waals surface area contributed by atoms with Crippen molar-refractivity contribution in [2.45, 2.75) is 13.0 Å². The zero-order valence-electron chi connectivity index (χ0n) is 9.55. The smallest absolute Gasteiger partial charge is 0.129 e. The maximum absolute atomic E-state index is 6.22. The predicted octanol–water partition coefficient (Wildman–Crippen LogP) is 4.11. The zero-order valence-corrected chi connectivity index (χ0v) is 11.1. The second-order valence-electron chi connectivity index (χ2n) is 3.98. The fourth-order valence-corrected chi connectivity index (χ4v) is 2.54. The Bertz CT molecular complexity index is 665. The highest BCUT2D eigenvalue weighted by Gasteiger charge is 2.13. The molecule has 0 aliphatic heterocycles. The highest BCUT2D eigenvalue weighted by Crippen LogP contribution is 2.32. The minimum absolute atomic E-state index is 0.0912. The molecule has 1 aromatic carbocycles. The predicted molar refractivity (Wildman–Crippen MR) is 73.2 cm³/mol. The molecule has 18 heavy (non-hydrogen) atoms. The van der Waals surface area contributed by atoms with Crippen molar-refractivity contribution in [2.75, 3.05) is 5.32 Å². The summed E-state index contributed by atoms with van der Waals surface area (Å²) in [5.74, 6) is 0. The summed E-state index contributed by atoms with van der Waals surface area (Å²) in [4.78, 5) is 0. The molecule has 2 heterocycles. The van der Waals surface area contributed by atoms with Crippen molar-refractivity contribution < 1.29 is 4.42 Å². The summed E-state index contributed by atoms with van der Waals surface area (Å²) in [5.41, 5.74) is 3.54. The summed E-state index contributed by atoms with van der Waals surface area (Å²) in [6.45, 7) is 2.04. The Hall–Kier alpha value is -1.59. The topological polar surface area (TPSA) is 51.0 Å². The summed E-state index contributed by atoms with van der Waals surface area (Å²) in [7, 11) is 0. The van der Waals surface area contributed by atoms with Gasteiger partial charge in [-0.3, -0.25) is 0 Å². The molecule has 0 fully saturated rings. The Morgan fingerprint density at radius 3 is 3.00 bits per heavy atom. The van der Waals surface area contributed by atoms with Crippen molar-refractivity contribution in [3.05, 3.63) is 41.3 Å². The number of aromatic nitrogens is 2. The number of nitrogens with one attached hydrogen (secondary N) is 1. The fraction of sp³-hybridized carbons (Fsp3) is 0.167. The molecule has 1 unspecified atom stereocenters. The van der Waals surface area contributed by atoms with Gasteiger partial charge in [0.1, 0.15) is 11.0 Å². The van der Waals surface area contributed by atoms with Crippen molar-refractivity contribution in [3.63, 3.8) is 0 Å². The monoisotopic (exact) mass is 279 g/mol. The standard InChI is InChI=1S/C12H10ClN3OS/c1-7(8-4-5-17-6-8)14-11-9(13)2-3-10-12(11)16-18-15-10/h2-7,14H,1H3. The van der Waals surface area contributed by atoms with Gasteiger partial charge in [0.25, 0.3) is 0 Å². The molecule has 0 bridgehead atoms. The number of rotatable bonds is 3. The van der Waals surface area contributed by atoms with E-state index >= 15 is 0 Å². The molecule has 6 heteroatoms. The SMILES string of the molecule is CC(Nc1c(Cl)ccc2nsnc12)c1ccoc1. The number of benzene rings is 1. The molecule has 0 amide bonds. The Kier molecular flexibility index (Phi) is 2.93. The van der Waals surface area contributed by atoms with E-state index in [0.29, 0.717) is 5.02 Å². The summed E-state index contributed by atoms with van der Waals surface area (Å²) < 4.78 is 13.6. The van der Waals surface area contributed by atoms with Gasteiger partial charge >= 0.3 is 0 Å². The quantitative estimate of drug-likeness (QED) is 0.784. The molecular weight excluding hydrogens is 270 g/mol. The Morgan fingerprint density at radius 2 is 2.22 bits per heavy atom. The van der Waals surface area contributed by atoms with Crippen molar-refractivity contribution in [2.24, 2.45) is 0 Å². The van der Waals surface area contributed by atoms with Crippen molar-refractivity contribution in [1.82, 2.24) is 8.75 Å². The normalized spacial score (nSPS) is 12.8. The second kappa shape index (κ2) is 4.59. The highest BCUT2D eigenvalue weighted by atomic mass is 35.5. The first-order chi connectivity index (χ1) is 8.75. The Morgan fingerprint density at radius 1 is 1.33 bits per heavy atom. The number of hydrogen-bond acceptors (Lipinski definition) is 5. The maximum Gasteiger partial charge on any atom is 0.129 e. The molecule has 2 aromatic heterocycles. The van der Waals surface area contributed by atoms with Crippen LogP contribution < -0.4 is 5.32 Å². The Labute approximate surface area is 113 Å². The lowest BCUT2D eigenvalue weighted by Gasteiger charge is -2.14. The number of furan rings is 1. The van der Waals surface area contributed by atoms with Crippen molar-refractivity contribution in [1.29, 1.82) is 0 Å². The lowest BCUT2D eigenvalue weighted by molar-refractivity contribution is 0.562. The van der Waals surface area contributed by atoms with Gasteiger partial charge in [0.2, 0.25) is 0 Å². The van der Waals surface area contributed by atoms with Gasteiger partial charge in [-0.05, 0) is 25.1 Å². The molecule has 3 rings (SSSR count). The lowest BCUT2D eigenvalue weighted by atomic mass is 10.1. The first kappa shape index (κ1) is 11.5. The third-order valence-corrected chi connectivity index (χ3v) is 3.64. The van der Waals surface area contributed by atoms with Crippen LogP contribution in [0, 0.1) is 0 Å². The average Bonchev–Trinajstić information content (AvgIpc) is 3.02. The van der Waals surface area contributed by atoms with Crippen LogP contribution in [0.25, 0.3) is 11.0 Å². The number of nitrogens with zero attached hydrogens (tertiary/aromatic N) is 2. The van der Waals surface area contributed by atoms with E-state index < -0.39 is 0 Å². The van der Waals surface area contributed by atoms with Crippen LogP contribution in [0.5, 0.6) is 0 Å². The van der Waals surface area contributed by atoms with E-state index in [9.17, 15) is 0 Å². The van der Waals surface area contributed by atoms with Crippen LogP contribution >= 0.6 is 23.3 Å². The fourth-order valence-electron chi connectivity index (χ4n) is 1.79. The number of halogens is 1. The van der Waals surface area contributed by atoms with Gasteiger partial charge in [0.05, 0.1) is 41.0 Å². The molecule has 92 valence electrons. The molecule has 4 nitrogen and oxygen atoms in total.